The molecule has 3 atom stereocenters. The van der Waals surface area contributed by atoms with Crippen LogP contribution in [-0.4, -0.2) is 78.6 Å². The van der Waals surface area contributed by atoms with E-state index in [1.807, 2.05) is 12.4 Å². The van der Waals surface area contributed by atoms with E-state index in [4.69, 9.17) is 0 Å². The van der Waals surface area contributed by atoms with Gasteiger partial charge in [-0.1, -0.05) is 6.92 Å². The van der Waals surface area contributed by atoms with E-state index >= 15 is 0 Å². The van der Waals surface area contributed by atoms with Crippen molar-refractivity contribution in [2.24, 2.45) is 5.92 Å². The lowest BCUT2D eigenvalue weighted by atomic mass is 10.1. The minimum absolute atomic E-state index is 0.0218. The van der Waals surface area contributed by atoms with Crippen LogP contribution < -0.4 is 10.2 Å². The first-order chi connectivity index (χ1) is 12.2. The molecule has 3 aliphatic rings. The molecule has 0 radical (unpaired) electrons. The van der Waals surface area contributed by atoms with Crippen molar-refractivity contribution in [2.45, 2.75) is 31.8 Å². The highest BCUT2D eigenvalue weighted by atomic mass is 16.2. The Morgan fingerprint density at radius 1 is 1.16 bits per heavy atom. The molecule has 0 aliphatic carbocycles. The molecule has 136 valence electrons. The van der Waals surface area contributed by atoms with E-state index < -0.39 is 0 Å². The summed E-state index contributed by atoms with van der Waals surface area (Å²) in [4.78, 5) is 23.8. The lowest BCUT2D eigenvalue weighted by Gasteiger charge is -2.39. The zero-order valence-electron chi connectivity index (χ0n) is 15.1. The second-order valence-electron chi connectivity index (χ2n) is 7.76. The molecule has 1 N–H and O–H groups in total. The average molecular weight is 343 g/mol. The van der Waals surface area contributed by atoms with Gasteiger partial charge in [-0.2, -0.15) is 0 Å². The first kappa shape index (κ1) is 16.8. The maximum absolute atomic E-state index is 12.7. The minimum atomic E-state index is 0.0218. The topological polar surface area (TPSA) is 51.7 Å². The van der Waals surface area contributed by atoms with Gasteiger partial charge in [-0.15, -0.1) is 0 Å². The number of aromatic nitrogens is 1. The fourth-order valence-electron chi connectivity index (χ4n) is 4.44. The van der Waals surface area contributed by atoms with Crippen molar-refractivity contribution in [3.8, 4) is 0 Å². The molecule has 1 aromatic rings. The number of likely N-dealkylation sites (tertiary alicyclic amines) is 1. The van der Waals surface area contributed by atoms with Gasteiger partial charge in [0.15, 0.2) is 0 Å². The van der Waals surface area contributed by atoms with E-state index in [9.17, 15) is 4.79 Å². The summed E-state index contributed by atoms with van der Waals surface area (Å²) in [5.41, 5.74) is 1.26. The number of rotatable bonds is 3. The molecule has 25 heavy (non-hydrogen) atoms. The second-order valence-corrected chi connectivity index (χ2v) is 7.76. The summed E-state index contributed by atoms with van der Waals surface area (Å²) in [6.45, 7) is 9.27. The van der Waals surface area contributed by atoms with Gasteiger partial charge in [0.2, 0.25) is 5.91 Å². The van der Waals surface area contributed by atoms with Crippen LogP contribution in [0.4, 0.5) is 5.69 Å². The zero-order valence-corrected chi connectivity index (χ0v) is 15.1. The summed E-state index contributed by atoms with van der Waals surface area (Å²) in [6, 6.07) is 4.68. The molecule has 3 fully saturated rings. The van der Waals surface area contributed by atoms with Crippen LogP contribution in [0.25, 0.3) is 0 Å². The summed E-state index contributed by atoms with van der Waals surface area (Å²) in [5, 5.41) is 3.48. The SMILES string of the molecule is CC1CCN(C(=O)[C@@H]2C[C@H](N3CCN(c4ccncc4)CC3)CN2)C1. The molecule has 4 heterocycles. The fourth-order valence-corrected chi connectivity index (χ4v) is 4.44. The van der Waals surface area contributed by atoms with Gasteiger partial charge in [0.1, 0.15) is 0 Å². The Morgan fingerprint density at radius 2 is 1.92 bits per heavy atom. The largest absolute Gasteiger partial charge is 0.369 e. The molecule has 1 amide bonds. The summed E-state index contributed by atoms with van der Waals surface area (Å²) in [6.07, 6.45) is 5.83. The van der Waals surface area contributed by atoms with Crippen molar-refractivity contribution >= 4 is 11.6 Å². The smallest absolute Gasteiger partial charge is 0.239 e. The monoisotopic (exact) mass is 343 g/mol. The van der Waals surface area contributed by atoms with Gasteiger partial charge in [-0.25, -0.2) is 0 Å². The van der Waals surface area contributed by atoms with Crippen LogP contribution in [0, 0.1) is 5.92 Å². The minimum Gasteiger partial charge on any atom is -0.369 e. The Labute approximate surface area is 150 Å². The quantitative estimate of drug-likeness (QED) is 0.880. The molecule has 3 saturated heterocycles. The maximum atomic E-state index is 12.7. The first-order valence-electron chi connectivity index (χ1n) is 9.62. The van der Waals surface area contributed by atoms with E-state index in [-0.39, 0.29) is 6.04 Å². The number of anilines is 1. The zero-order chi connectivity index (χ0) is 17.2. The Hall–Kier alpha value is -1.66. The number of nitrogens with zero attached hydrogens (tertiary/aromatic N) is 4. The Morgan fingerprint density at radius 3 is 2.60 bits per heavy atom. The standard InChI is InChI=1S/C19H29N5O/c1-15-4-7-24(14-15)19(25)18-12-17(13-21-18)23-10-8-22(9-11-23)16-2-5-20-6-3-16/h2-3,5-6,15,17-18,21H,4,7-14H2,1H3/t15?,17-,18-/m0/s1. The van der Waals surface area contributed by atoms with Gasteiger partial charge in [-0.05, 0) is 30.9 Å². The molecule has 6 nitrogen and oxygen atoms in total. The fraction of sp³-hybridized carbons (Fsp3) is 0.684. The van der Waals surface area contributed by atoms with Crippen LogP contribution >= 0.6 is 0 Å². The molecule has 0 aromatic carbocycles. The van der Waals surface area contributed by atoms with Crippen molar-refractivity contribution in [1.29, 1.82) is 0 Å². The summed E-state index contributed by atoms with van der Waals surface area (Å²) in [7, 11) is 0. The summed E-state index contributed by atoms with van der Waals surface area (Å²) in [5.74, 6) is 0.977. The molecule has 0 saturated carbocycles. The lowest BCUT2D eigenvalue weighted by molar-refractivity contribution is -0.132. The number of carbonyl (C=O) groups excluding carboxylic acids is 1. The third kappa shape index (κ3) is 3.65. The molecule has 6 heteroatoms. The second kappa shape index (κ2) is 7.30. The highest BCUT2D eigenvalue weighted by Crippen LogP contribution is 2.22. The van der Waals surface area contributed by atoms with Crippen molar-refractivity contribution < 1.29 is 4.79 Å². The first-order valence-corrected chi connectivity index (χ1v) is 9.62. The predicted molar refractivity (Wildman–Crippen MR) is 98.6 cm³/mol. The number of piperazine rings is 1. The van der Waals surface area contributed by atoms with Crippen LogP contribution in [0.15, 0.2) is 24.5 Å². The highest BCUT2D eigenvalue weighted by molar-refractivity contribution is 5.82. The van der Waals surface area contributed by atoms with Gasteiger partial charge in [0.05, 0.1) is 6.04 Å². The van der Waals surface area contributed by atoms with Crippen LogP contribution in [0.3, 0.4) is 0 Å². The number of pyridine rings is 1. The number of hydrogen-bond donors (Lipinski definition) is 1. The van der Waals surface area contributed by atoms with E-state index in [2.05, 4.69) is 44.1 Å². The van der Waals surface area contributed by atoms with Crippen molar-refractivity contribution in [3.63, 3.8) is 0 Å². The molecular formula is C19H29N5O. The van der Waals surface area contributed by atoms with Gasteiger partial charge in [0.25, 0.3) is 0 Å². The number of hydrogen-bond acceptors (Lipinski definition) is 5. The normalized spacial score (nSPS) is 30.8. The molecular weight excluding hydrogens is 314 g/mol. The van der Waals surface area contributed by atoms with Gasteiger partial charge in [-0.3, -0.25) is 14.7 Å². The molecule has 0 spiro atoms. The summed E-state index contributed by atoms with van der Waals surface area (Å²) >= 11 is 0. The van der Waals surface area contributed by atoms with Crippen LogP contribution in [-0.2, 0) is 4.79 Å². The van der Waals surface area contributed by atoms with Gasteiger partial charge < -0.3 is 15.1 Å². The molecule has 0 bridgehead atoms. The number of nitrogens with one attached hydrogen (secondary N) is 1. The number of amides is 1. The van der Waals surface area contributed by atoms with Crippen molar-refractivity contribution in [3.05, 3.63) is 24.5 Å². The molecule has 1 unspecified atom stereocenters. The van der Waals surface area contributed by atoms with Crippen LogP contribution in [0.5, 0.6) is 0 Å². The van der Waals surface area contributed by atoms with Gasteiger partial charge in [0, 0.05) is 69.9 Å². The van der Waals surface area contributed by atoms with Crippen molar-refractivity contribution in [1.82, 2.24) is 20.1 Å². The van der Waals surface area contributed by atoms with Crippen LogP contribution in [0.1, 0.15) is 19.8 Å². The van der Waals surface area contributed by atoms with Crippen molar-refractivity contribution in [2.75, 3.05) is 50.7 Å². The van der Waals surface area contributed by atoms with Crippen LogP contribution in [0.2, 0.25) is 0 Å². The highest BCUT2D eigenvalue weighted by Gasteiger charge is 2.37. The third-order valence-electron chi connectivity index (χ3n) is 6.00. The predicted octanol–water partition coefficient (Wildman–Crippen LogP) is 0.803. The van der Waals surface area contributed by atoms with Gasteiger partial charge >= 0.3 is 0 Å². The van der Waals surface area contributed by atoms with E-state index in [1.54, 1.807) is 0 Å². The maximum Gasteiger partial charge on any atom is 0.239 e. The van der Waals surface area contributed by atoms with E-state index in [0.29, 0.717) is 17.9 Å². The average Bonchev–Trinajstić information content (AvgIpc) is 3.31. The Bertz CT molecular complexity index is 587. The Balaban J connectivity index is 1.28. The van der Waals surface area contributed by atoms with E-state index in [1.165, 1.54) is 5.69 Å². The molecule has 4 rings (SSSR count). The third-order valence-corrected chi connectivity index (χ3v) is 6.00. The molecule has 3 aliphatic heterocycles. The Kier molecular flexibility index (Phi) is 4.90. The van der Waals surface area contributed by atoms with E-state index in [0.717, 1.165) is 58.7 Å². The summed E-state index contributed by atoms with van der Waals surface area (Å²) < 4.78 is 0. The lowest BCUT2D eigenvalue weighted by Crippen LogP contribution is -2.51. The number of carbonyl (C=O) groups is 1. The molecule has 1 aromatic heterocycles.